The molecule has 0 amide bonds. The van der Waals surface area contributed by atoms with Gasteiger partial charge in [0.2, 0.25) is 0 Å². The van der Waals surface area contributed by atoms with Crippen LogP contribution in [0.15, 0.2) is 72.8 Å². The van der Waals surface area contributed by atoms with Crippen LogP contribution < -0.4 is 14.4 Å². The van der Waals surface area contributed by atoms with Gasteiger partial charge in [-0.05, 0) is 61.2 Å². The monoisotopic (exact) mass is 449 g/mol. The second-order valence-corrected chi connectivity index (χ2v) is 8.61. The van der Waals surface area contributed by atoms with Crippen molar-refractivity contribution in [2.75, 3.05) is 31.2 Å². The topological polar surface area (TPSA) is 59.0 Å². The first kappa shape index (κ1) is 22.6. The van der Waals surface area contributed by atoms with Crippen molar-refractivity contribution < 1.29 is 23.8 Å². The van der Waals surface area contributed by atoms with Gasteiger partial charge in [-0.2, -0.15) is 0 Å². The number of carboxylic acids is 1. The standard InChI is InChI=1S/C27H28FNO4/c1-27(26(30)31,19-21-6-2-3-7-23(21)28)18-20-10-12-22(13-11-20)32-16-14-29-15-17-33-25-9-5-4-8-24(25)29/h2-13H,14-19H2,1H3,(H,30,31). The molecule has 3 aromatic carbocycles. The lowest BCUT2D eigenvalue weighted by atomic mass is 9.78. The molecule has 0 saturated heterocycles. The second-order valence-electron chi connectivity index (χ2n) is 8.61. The highest BCUT2D eigenvalue weighted by Crippen LogP contribution is 2.31. The number of rotatable bonds is 9. The Morgan fingerprint density at radius 3 is 2.55 bits per heavy atom. The molecule has 0 fully saturated rings. The largest absolute Gasteiger partial charge is 0.492 e. The number of hydrogen-bond donors (Lipinski definition) is 1. The first-order valence-electron chi connectivity index (χ1n) is 11.1. The lowest BCUT2D eigenvalue weighted by Gasteiger charge is -2.31. The molecule has 0 spiro atoms. The molecular formula is C27H28FNO4. The van der Waals surface area contributed by atoms with Gasteiger partial charge in [0.25, 0.3) is 0 Å². The van der Waals surface area contributed by atoms with Crippen molar-refractivity contribution in [3.8, 4) is 11.5 Å². The second kappa shape index (κ2) is 9.94. The zero-order valence-corrected chi connectivity index (χ0v) is 18.7. The first-order chi connectivity index (χ1) is 15.9. The molecule has 0 bridgehead atoms. The Labute approximate surface area is 193 Å². The van der Waals surface area contributed by atoms with Crippen molar-refractivity contribution in [1.82, 2.24) is 0 Å². The minimum Gasteiger partial charge on any atom is -0.492 e. The summed E-state index contributed by atoms with van der Waals surface area (Å²) in [7, 11) is 0. The number of hydrogen-bond acceptors (Lipinski definition) is 4. The Balaban J connectivity index is 1.35. The average molecular weight is 450 g/mol. The van der Waals surface area contributed by atoms with Crippen LogP contribution in [-0.2, 0) is 17.6 Å². The summed E-state index contributed by atoms with van der Waals surface area (Å²) in [6, 6.07) is 21.8. The van der Waals surface area contributed by atoms with E-state index >= 15 is 0 Å². The smallest absolute Gasteiger partial charge is 0.310 e. The molecule has 0 radical (unpaired) electrons. The van der Waals surface area contributed by atoms with Crippen molar-refractivity contribution in [2.45, 2.75) is 19.8 Å². The molecule has 0 aromatic heterocycles. The molecular weight excluding hydrogens is 421 g/mol. The molecule has 1 unspecified atom stereocenters. The summed E-state index contributed by atoms with van der Waals surface area (Å²) in [5.41, 5.74) is 1.23. The zero-order valence-electron chi connectivity index (χ0n) is 18.7. The molecule has 1 N–H and O–H groups in total. The lowest BCUT2D eigenvalue weighted by molar-refractivity contribution is -0.147. The number of anilines is 1. The predicted octanol–water partition coefficient (Wildman–Crippen LogP) is 4.98. The molecule has 0 saturated carbocycles. The van der Waals surface area contributed by atoms with Gasteiger partial charge in [0.15, 0.2) is 0 Å². The molecule has 172 valence electrons. The van der Waals surface area contributed by atoms with E-state index in [1.807, 2.05) is 48.5 Å². The first-order valence-corrected chi connectivity index (χ1v) is 11.1. The summed E-state index contributed by atoms with van der Waals surface area (Å²) in [6.45, 7) is 4.39. The van der Waals surface area contributed by atoms with Crippen LogP contribution in [-0.4, -0.2) is 37.4 Å². The SMILES string of the molecule is CC(Cc1ccc(OCCN2CCOc3ccccc32)cc1)(Cc1ccccc1F)C(=O)O. The van der Waals surface area contributed by atoms with Gasteiger partial charge in [0.1, 0.15) is 30.5 Å². The molecule has 3 aromatic rings. The number of benzene rings is 3. The molecule has 4 rings (SSSR count). The summed E-state index contributed by atoms with van der Waals surface area (Å²) in [4.78, 5) is 14.3. The van der Waals surface area contributed by atoms with E-state index in [-0.39, 0.29) is 12.2 Å². The number of carboxylic acid groups (broad SMARTS) is 1. The van der Waals surface area contributed by atoms with Gasteiger partial charge in [-0.1, -0.05) is 42.5 Å². The number of carbonyl (C=O) groups is 1. The number of nitrogens with zero attached hydrogens (tertiary/aromatic N) is 1. The number of aliphatic carboxylic acids is 1. The summed E-state index contributed by atoms with van der Waals surface area (Å²) >= 11 is 0. The van der Waals surface area contributed by atoms with Crippen molar-refractivity contribution in [3.63, 3.8) is 0 Å². The Morgan fingerprint density at radius 2 is 1.79 bits per heavy atom. The van der Waals surface area contributed by atoms with Gasteiger partial charge in [-0.15, -0.1) is 0 Å². The molecule has 6 heteroatoms. The number of ether oxygens (including phenoxy) is 2. The van der Waals surface area contributed by atoms with Crippen LogP contribution in [0.25, 0.3) is 0 Å². The maximum Gasteiger partial charge on any atom is 0.310 e. The Kier molecular flexibility index (Phi) is 6.82. The molecule has 1 heterocycles. The van der Waals surface area contributed by atoms with Crippen LogP contribution >= 0.6 is 0 Å². The number of fused-ring (bicyclic) bond motifs is 1. The van der Waals surface area contributed by atoms with E-state index in [1.165, 1.54) is 6.07 Å². The normalized spacial score (nSPS) is 14.7. The molecule has 5 nitrogen and oxygen atoms in total. The molecule has 1 aliphatic heterocycles. The number of para-hydroxylation sites is 2. The minimum absolute atomic E-state index is 0.119. The highest BCUT2D eigenvalue weighted by molar-refractivity contribution is 5.75. The van der Waals surface area contributed by atoms with Crippen LogP contribution in [0.2, 0.25) is 0 Å². The minimum atomic E-state index is -1.12. The van der Waals surface area contributed by atoms with Gasteiger partial charge in [-0.25, -0.2) is 4.39 Å². The third-order valence-corrected chi connectivity index (χ3v) is 6.03. The maximum atomic E-state index is 14.1. The van der Waals surface area contributed by atoms with Crippen LogP contribution in [0.3, 0.4) is 0 Å². The van der Waals surface area contributed by atoms with Gasteiger partial charge in [-0.3, -0.25) is 4.79 Å². The van der Waals surface area contributed by atoms with Gasteiger partial charge in [0, 0.05) is 0 Å². The number of halogens is 1. The van der Waals surface area contributed by atoms with E-state index in [4.69, 9.17) is 9.47 Å². The van der Waals surface area contributed by atoms with E-state index in [2.05, 4.69) is 4.90 Å². The van der Waals surface area contributed by atoms with Crippen LogP contribution in [0.4, 0.5) is 10.1 Å². The maximum absolute atomic E-state index is 14.1. The van der Waals surface area contributed by atoms with E-state index in [0.717, 1.165) is 35.8 Å². The van der Waals surface area contributed by atoms with Crippen molar-refractivity contribution >= 4 is 11.7 Å². The fourth-order valence-corrected chi connectivity index (χ4v) is 4.16. The van der Waals surface area contributed by atoms with E-state index < -0.39 is 11.4 Å². The van der Waals surface area contributed by atoms with Crippen LogP contribution in [0, 0.1) is 11.2 Å². The van der Waals surface area contributed by atoms with Crippen LogP contribution in [0.5, 0.6) is 11.5 Å². The Morgan fingerprint density at radius 1 is 1.06 bits per heavy atom. The fourth-order valence-electron chi connectivity index (χ4n) is 4.16. The molecule has 1 aliphatic rings. The lowest BCUT2D eigenvalue weighted by Crippen LogP contribution is -2.35. The summed E-state index contributed by atoms with van der Waals surface area (Å²) in [5.74, 6) is 0.296. The summed E-state index contributed by atoms with van der Waals surface area (Å²) < 4.78 is 25.7. The Hall–Kier alpha value is -3.54. The quantitative estimate of drug-likeness (QED) is 0.499. The van der Waals surface area contributed by atoms with Gasteiger partial charge < -0.3 is 19.5 Å². The highest BCUT2D eigenvalue weighted by atomic mass is 19.1. The van der Waals surface area contributed by atoms with Crippen LogP contribution in [0.1, 0.15) is 18.1 Å². The van der Waals surface area contributed by atoms with Crippen molar-refractivity contribution in [3.05, 3.63) is 89.7 Å². The van der Waals surface area contributed by atoms with Gasteiger partial charge in [0.05, 0.1) is 24.2 Å². The van der Waals surface area contributed by atoms with E-state index in [0.29, 0.717) is 25.2 Å². The highest BCUT2D eigenvalue weighted by Gasteiger charge is 2.34. The van der Waals surface area contributed by atoms with Gasteiger partial charge >= 0.3 is 5.97 Å². The predicted molar refractivity (Wildman–Crippen MR) is 126 cm³/mol. The molecule has 33 heavy (non-hydrogen) atoms. The average Bonchev–Trinajstić information content (AvgIpc) is 2.82. The van der Waals surface area contributed by atoms with E-state index in [1.54, 1.807) is 25.1 Å². The van der Waals surface area contributed by atoms with Crippen molar-refractivity contribution in [2.24, 2.45) is 5.41 Å². The van der Waals surface area contributed by atoms with Crippen molar-refractivity contribution in [1.29, 1.82) is 0 Å². The molecule has 1 atom stereocenters. The third kappa shape index (κ3) is 5.45. The summed E-state index contributed by atoms with van der Waals surface area (Å²) in [6.07, 6.45) is 0.412. The van der Waals surface area contributed by atoms with E-state index in [9.17, 15) is 14.3 Å². The zero-order chi connectivity index (χ0) is 23.3. The molecule has 0 aliphatic carbocycles. The fraction of sp³-hybridized carbons (Fsp3) is 0.296. The third-order valence-electron chi connectivity index (χ3n) is 6.03. The Bertz CT molecular complexity index is 1100. The summed E-state index contributed by atoms with van der Waals surface area (Å²) in [5, 5.41) is 9.85.